The molecule has 0 bridgehead atoms. The quantitative estimate of drug-likeness (QED) is 0.269. The van der Waals surface area contributed by atoms with Gasteiger partial charge in [-0.25, -0.2) is 9.37 Å². The van der Waals surface area contributed by atoms with E-state index >= 15 is 0 Å². The molecule has 0 aliphatic heterocycles. The van der Waals surface area contributed by atoms with E-state index in [2.05, 4.69) is 4.98 Å². The smallest absolute Gasteiger partial charge is 0.262 e. The number of hydrogen-bond donors (Lipinski definition) is 0. The lowest BCUT2D eigenvalue weighted by Gasteiger charge is -2.13. The molecule has 3 aromatic carbocycles. The minimum Gasteiger partial charge on any atom is -0.293 e. The maximum Gasteiger partial charge on any atom is 0.262 e. The molecule has 0 radical (unpaired) electrons. The number of Topliss-reactive ketones (excluding diaryl/α,β-unsaturated/α-hetero) is 1. The summed E-state index contributed by atoms with van der Waals surface area (Å²) in [5, 5.41) is 0.992. The van der Waals surface area contributed by atoms with Crippen molar-refractivity contribution in [2.75, 3.05) is 5.75 Å². The van der Waals surface area contributed by atoms with Crippen molar-refractivity contribution in [3.63, 3.8) is 0 Å². The number of fused-ring (bicyclic) bond motifs is 1. The second kappa shape index (κ2) is 8.41. The first-order valence-corrected chi connectivity index (χ1v) is 10.1. The Morgan fingerprint density at radius 2 is 1.72 bits per heavy atom. The van der Waals surface area contributed by atoms with Gasteiger partial charge in [-0.2, -0.15) is 0 Å². The fourth-order valence-electron chi connectivity index (χ4n) is 3.04. The summed E-state index contributed by atoms with van der Waals surface area (Å²) in [5.41, 5.74) is 1.70. The van der Waals surface area contributed by atoms with E-state index in [0.29, 0.717) is 28.2 Å². The van der Waals surface area contributed by atoms with Crippen LogP contribution < -0.4 is 5.56 Å². The van der Waals surface area contributed by atoms with Gasteiger partial charge in [0.1, 0.15) is 5.82 Å². The van der Waals surface area contributed by atoms with E-state index in [1.807, 2.05) is 36.4 Å². The van der Waals surface area contributed by atoms with Crippen LogP contribution in [0.4, 0.5) is 4.39 Å². The molecule has 0 aliphatic carbocycles. The molecule has 29 heavy (non-hydrogen) atoms. The van der Waals surface area contributed by atoms with Gasteiger partial charge in [0.15, 0.2) is 10.9 Å². The van der Waals surface area contributed by atoms with Crippen molar-refractivity contribution in [3.05, 3.63) is 106 Å². The third-order valence-corrected chi connectivity index (χ3v) is 5.47. The molecule has 0 saturated carbocycles. The molecule has 0 N–H and O–H groups in total. The van der Waals surface area contributed by atoms with Crippen LogP contribution >= 0.6 is 11.8 Å². The van der Waals surface area contributed by atoms with Gasteiger partial charge in [-0.05, 0) is 29.8 Å². The lowest BCUT2D eigenvalue weighted by atomic mass is 10.1. The molecule has 0 saturated heterocycles. The van der Waals surface area contributed by atoms with Crippen LogP contribution in [0.15, 0.2) is 88.8 Å². The van der Waals surface area contributed by atoms with Gasteiger partial charge >= 0.3 is 0 Å². The fraction of sp³-hybridized carbons (Fsp3) is 0.0870. The van der Waals surface area contributed by atoms with E-state index in [0.717, 1.165) is 5.56 Å². The molecule has 0 atom stereocenters. The summed E-state index contributed by atoms with van der Waals surface area (Å²) in [6.07, 6.45) is 0. The summed E-state index contributed by atoms with van der Waals surface area (Å²) >= 11 is 1.18. The zero-order chi connectivity index (χ0) is 20.2. The summed E-state index contributed by atoms with van der Waals surface area (Å²) < 4.78 is 15.0. The van der Waals surface area contributed by atoms with Crippen molar-refractivity contribution in [2.45, 2.75) is 11.7 Å². The first kappa shape index (κ1) is 19.1. The lowest BCUT2D eigenvalue weighted by molar-refractivity contribution is 0.102. The monoisotopic (exact) mass is 404 g/mol. The first-order chi connectivity index (χ1) is 14.1. The van der Waals surface area contributed by atoms with E-state index < -0.39 is 5.82 Å². The molecule has 4 rings (SSSR count). The topological polar surface area (TPSA) is 52.0 Å². The van der Waals surface area contributed by atoms with Crippen molar-refractivity contribution in [3.8, 4) is 0 Å². The average Bonchev–Trinajstić information content (AvgIpc) is 2.75. The highest BCUT2D eigenvalue weighted by Gasteiger charge is 2.15. The van der Waals surface area contributed by atoms with Gasteiger partial charge in [-0.1, -0.05) is 66.4 Å². The van der Waals surface area contributed by atoms with Gasteiger partial charge in [-0.3, -0.25) is 14.2 Å². The maximum atomic E-state index is 13.4. The molecule has 1 heterocycles. The first-order valence-electron chi connectivity index (χ1n) is 9.07. The number of nitrogens with zero attached hydrogens (tertiary/aromatic N) is 2. The third-order valence-electron chi connectivity index (χ3n) is 4.49. The normalized spacial score (nSPS) is 10.9. The number of halogens is 1. The maximum absolute atomic E-state index is 13.4. The Kier molecular flexibility index (Phi) is 5.53. The van der Waals surface area contributed by atoms with Crippen molar-refractivity contribution in [1.82, 2.24) is 9.55 Å². The lowest BCUT2D eigenvalue weighted by Crippen LogP contribution is -2.24. The predicted octanol–water partition coefficient (Wildman–Crippen LogP) is 4.56. The van der Waals surface area contributed by atoms with Crippen LogP contribution in [0.25, 0.3) is 10.9 Å². The zero-order valence-corrected chi connectivity index (χ0v) is 16.2. The van der Waals surface area contributed by atoms with Crippen LogP contribution in [0.1, 0.15) is 15.9 Å². The number of thioether (sulfide) groups is 1. The number of ketones is 1. The number of para-hydroxylation sites is 1. The molecule has 4 nitrogen and oxygen atoms in total. The van der Waals surface area contributed by atoms with E-state index in [4.69, 9.17) is 0 Å². The number of aromatic nitrogens is 2. The van der Waals surface area contributed by atoms with E-state index in [1.165, 1.54) is 30.0 Å². The van der Waals surface area contributed by atoms with Gasteiger partial charge in [-0.15, -0.1) is 0 Å². The van der Waals surface area contributed by atoms with Crippen molar-refractivity contribution in [1.29, 1.82) is 0 Å². The Labute approximate surface area is 171 Å². The van der Waals surface area contributed by atoms with Crippen LogP contribution in [-0.4, -0.2) is 21.1 Å². The molecule has 0 fully saturated rings. The molecule has 1 aromatic heterocycles. The number of rotatable bonds is 6. The summed E-state index contributed by atoms with van der Waals surface area (Å²) in [5.74, 6) is -0.614. The third kappa shape index (κ3) is 4.27. The molecular formula is C23H17FN2O2S. The van der Waals surface area contributed by atoms with Gasteiger partial charge in [0.2, 0.25) is 0 Å². The van der Waals surface area contributed by atoms with E-state index in [-0.39, 0.29) is 17.1 Å². The highest BCUT2D eigenvalue weighted by molar-refractivity contribution is 7.99. The molecule has 0 amide bonds. The Bertz CT molecular complexity index is 1240. The minimum absolute atomic E-state index is 0.0586. The van der Waals surface area contributed by atoms with Crippen molar-refractivity contribution in [2.24, 2.45) is 0 Å². The Hall–Kier alpha value is -3.25. The summed E-state index contributed by atoms with van der Waals surface area (Å²) in [6.45, 7) is 0.355. The van der Waals surface area contributed by atoms with Crippen LogP contribution in [0, 0.1) is 5.82 Å². The molecule has 0 aliphatic rings. The predicted molar refractivity (Wildman–Crippen MR) is 113 cm³/mol. The average molecular weight is 404 g/mol. The van der Waals surface area contributed by atoms with Crippen LogP contribution in [-0.2, 0) is 6.54 Å². The van der Waals surface area contributed by atoms with Gasteiger partial charge in [0.25, 0.3) is 5.56 Å². The largest absolute Gasteiger partial charge is 0.293 e. The molecule has 0 unspecified atom stereocenters. The van der Waals surface area contributed by atoms with Crippen molar-refractivity contribution < 1.29 is 9.18 Å². The molecular weight excluding hydrogens is 387 g/mol. The van der Waals surface area contributed by atoms with Crippen molar-refractivity contribution >= 4 is 28.4 Å². The van der Waals surface area contributed by atoms with E-state index in [9.17, 15) is 14.0 Å². The number of benzene rings is 3. The minimum atomic E-state index is -0.453. The second-order valence-electron chi connectivity index (χ2n) is 6.51. The van der Waals surface area contributed by atoms with Crippen LogP contribution in [0.3, 0.4) is 0 Å². The van der Waals surface area contributed by atoms with Gasteiger partial charge in [0.05, 0.1) is 23.2 Å². The molecule has 6 heteroatoms. The van der Waals surface area contributed by atoms with E-state index in [1.54, 1.807) is 28.8 Å². The Balaban J connectivity index is 1.69. The van der Waals surface area contributed by atoms with Gasteiger partial charge in [0, 0.05) is 5.56 Å². The Morgan fingerprint density at radius 1 is 0.966 bits per heavy atom. The Morgan fingerprint density at radius 3 is 2.52 bits per heavy atom. The van der Waals surface area contributed by atoms with Crippen LogP contribution in [0.2, 0.25) is 0 Å². The second-order valence-corrected chi connectivity index (χ2v) is 7.45. The molecule has 4 aromatic rings. The highest BCUT2D eigenvalue weighted by atomic mass is 32.2. The fourth-order valence-corrected chi connectivity index (χ4v) is 3.93. The zero-order valence-electron chi connectivity index (χ0n) is 15.4. The summed E-state index contributed by atoms with van der Waals surface area (Å²) in [7, 11) is 0. The highest BCUT2D eigenvalue weighted by Crippen LogP contribution is 2.20. The number of hydrogen-bond acceptors (Lipinski definition) is 4. The van der Waals surface area contributed by atoms with Crippen LogP contribution in [0.5, 0.6) is 0 Å². The molecule has 144 valence electrons. The number of carbonyl (C=O) groups excluding carboxylic acids is 1. The SMILES string of the molecule is O=C(CSc1nc2ccccc2c(=O)n1Cc1ccccc1)c1cccc(F)c1. The summed E-state index contributed by atoms with van der Waals surface area (Å²) in [6, 6.07) is 22.4. The molecule has 0 spiro atoms. The summed E-state index contributed by atoms with van der Waals surface area (Å²) in [4.78, 5) is 30.2. The number of carbonyl (C=O) groups is 1. The van der Waals surface area contributed by atoms with Gasteiger partial charge < -0.3 is 0 Å². The standard InChI is InChI=1S/C23H17FN2O2S/c24-18-10-6-9-17(13-18)21(27)15-29-23-25-20-12-5-4-11-19(20)22(28)26(23)14-16-7-2-1-3-8-16/h1-13H,14-15H2.